The third-order valence-electron chi connectivity index (χ3n) is 5.30. The van der Waals surface area contributed by atoms with Crippen LogP contribution >= 0.6 is 0 Å². The fourth-order valence-corrected chi connectivity index (χ4v) is 4.74. The van der Waals surface area contributed by atoms with E-state index in [4.69, 9.17) is 0 Å². The van der Waals surface area contributed by atoms with E-state index in [1.807, 2.05) is 0 Å². The van der Waals surface area contributed by atoms with Gasteiger partial charge in [0.05, 0.1) is 6.26 Å². The zero-order chi connectivity index (χ0) is 15.8. The van der Waals surface area contributed by atoms with E-state index in [0.717, 1.165) is 6.54 Å². The molecule has 0 bridgehead atoms. The van der Waals surface area contributed by atoms with E-state index < -0.39 is 10.0 Å². The SMILES string of the molecule is C[C@@]1(c2ccccc2)CC[C@H](NCC2CN(S(C)(=O)=O)C2)C1. The molecule has 0 unspecified atom stereocenters. The molecule has 22 heavy (non-hydrogen) atoms. The van der Waals surface area contributed by atoms with Crippen molar-refractivity contribution in [1.82, 2.24) is 9.62 Å². The van der Waals surface area contributed by atoms with Crippen molar-refractivity contribution in [2.75, 3.05) is 25.9 Å². The summed E-state index contributed by atoms with van der Waals surface area (Å²) in [6.45, 7) is 4.64. The summed E-state index contributed by atoms with van der Waals surface area (Å²) < 4.78 is 24.3. The Labute approximate surface area is 134 Å². The second-order valence-electron chi connectivity index (χ2n) is 7.22. The number of sulfonamides is 1. The zero-order valence-corrected chi connectivity index (χ0v) is 14.3. The Bertz CT molecular complexity index is 611. The molecule has 0 aromatic heterocycles. The molecule has 2 fully saturated rings. The van der Waals surface area contributed by atoms with E-state index in [-0.39, 0.29) is 5.41 Å². The van der Waals surface area contributed by atoms with E-state index >= 15 is 0 Å². The third kappa shape index (κ3) is 3.36. The van der Waals surface area contributed by atoms with Crippen LogP contribution in [-0.4, -0.2) is 44.7 Å². The lowest BCUT2D eigenvalue weighted by Gasteiger charge is -2.38. The predicted molar refractivity (Wildman–Crippen MR) is 89.3 cm³/mol. The molecule has 1 saturated carbocycles. The van der Waals surface area contributed by atoms with Crippen LogP contribution in [0, 0.1) is 5.92 Å². The van der Waals surface area contributed by atoms with Crippen LogP contribution in [0.2, 0.25) is 0 Å². The highest BCUT2D eigenvalue weighted by atomic mass is 32.2. The van der Waals surface area contributed by atoms with Crippen LogP contribution < -0.4 is 5.32 Å². The Kier molecular flexibility index (Phi) is 4.32. The molecule has 1 N–H and O–H groups in total. The molecule has 1 aliphatic heterocycles. The largest absolute Gasteiger partial charge is 0.314 e. The van der Waals surface area contributed by atoms with Crippen molar-refractivity contribution in [3.05, 3.63) is 35.9 Å². The van der Waals surface area contributed by atoms with Gasteiger partial charge in [-0.15, -0.1) is 0 Å². The number of nitrogens with zero attached hydrogens (tertiary/aromatic N) is 1. The Morgan fingerprint density at radius 2 is 1.95 bits per heavy atom. The number of nitrogens with one attached hydrogen (secondary N) is 1. The van der Waals surface area contributed by atoms with Gasteiger partial charge in [-0.2, -0.15) is 0 Å². The van der Waals surface area contributed by atoms with Crippen LogP contribution in [-0.2, 0) is 15.4 Å². The molecule has 5 heteroatoms. The minimum atomic E-state index is -2.99. The first kappa shape index (κ1) is 16.0. The summed E-state index contributed by atoms with van der Waals surface area (Å²) >= 11 is 0. The Hall–Kier alpha value is -0.910. The Balaban J connectivity index is 1.47. The van der Waals surface area contributed by atoms with Gasteiger partial charge < -0.3 is 5.32 Å². The molecule has 0 amide bonds. The van der Waals surface area contributed by atoms with Gasteiger partial charge in [0.25, 0.3) is 0 Å². The summed E-state index contributed by atoms with van der Waals surface area (Å²) in [6.07, 6.45) is 4.88. The fourth-order valence-electron chi connectivity index (χ4n) is 3.77. The van der Waals surface area contributed by atoms with Crippen molar-refractivity contribution in [1.29, 1.82) is 0 Å². The molecule has 0 spiro atoms. The van der Waals surface area contributed by atoms with Crippen LogP contribution in [0.15, 0.2) is 30.3 Å². The highest BCUT2D eigenvalue weighted by Gasteiger charge is 2.38. The molecule has 1 aromatic rings. The topological polar surface area (TPSA) is 49.4 Å². The van der Waals surface area contributed by atoms with Crippen molar-refractivity contribution in [3.8, 4) is 0 Å². The molecular weight excluding hydrogens is 296 g/mol. The number of hydrogen-bond donors (Lipinski definition) is 1. The van der Waals surface area contributed by atoms with E-state index in [0.29, 0.717) is 25.0 Å². The molecule has 4 nitrogen and oxygen atoms in total. The molecule has 1 aromatic carbocycles. The van der Waals surface area contributed by atoms with Crippen molar-refractivity contribution in [2.45, 2.75) is 37.6 Å². The summed E-state index contributed by atoms with van der Waals surface area (Å²) in [5, 5.41) is 3.66. The maximum atomic E-state index is 11.4. The lowest BCUT2D eigenvalue weighted by Crippen LogP contribution is -2.53. The van der Waals surface area contributed by atoms with Gasteiger partial charge in [-0.05, 0) is 36.2 Å². The molecule has 122 valence electrons. The van der Waals surface area contributed by atoms with Crippen LogP contribution in [0.5, 0.6) is 0 Å². The highest BCUT2D eigenvalue weighted by Crippen LogP contribution is 2.40. The second kappa shape index (κ2) is 5.95. The van der Waals surface area contributed by atoms with Gasteiger partial charge in [0.1, 0.15) is 0 Å². The van der Waals surface area contributed by atoms with Crippen LogP contribution in [0.1, 0.15) is 31.7 Å². The normalized spacial score (nSPS) is 30.4. The quantitative estimate of drug-likeness (QED) is 0.902. The molecule has 1 heterocycles. The molecule has 1 aliphatic carbocycles. The summed E-state index contributed by atoms with van der Waals surface area (Å²) in [5.41, 5.74) is 1.71. The van der Waals surface area contributed by atoms with Crippen LogP contribution in [0.4, 0.5) is 0 Å². The predicted octanol–water partition coefficient (Wildman–Crippen LogP) is 1.98. The van der Waals surface area contributed by atoms with Crippen molar-refractivity contribution in [2.24, 2.45) is 5.92 Å². The molecule has 3 rings (SSSR count). The number of benzene rings is 1. The molecule has 2 atom stereocenters. The van der Waals surface area contributed by atoms with Gasteiger partial charge >= 0.3 is 0 Å². The number of rotatable bonds is 5. The van der Waals surface area contributed by atoms with Crippen LogP contribution in [0.3, 0.4) is 0 Å². The molecule has 1 saturated heterocycles. The van der Waals surface area contributed by atoms with Gasteiger partial charge in [-0.3, -0.25) is 0 Å². The second-order valence-corrected chi connectivity index (χ2v) is 9.20. The van der Waals surface area contributed by atoms with E-state index in [2.05, 4.69) is 42.6 Å². The summed E-state index contributed by atoms with van der Waals surface area (Å²) in [5.74, 6) is 0.471. The Morgan fingerprint density at radius 3 is 2.59 bits per heavy atom. The van der Waals surface area contributed by atoms with Crippen LogP contribution in [0.25, 0.3) is 0 Å². The van der Waals surface area contributed by atoms with Crippen molar-refractivity contribution >= 4 is 10.0 Å². The minimum Gasteiger partial charge on any atom is -0.314 e. The molecular formula is C17H26N2O2S. The third-order valence-corrected chi connectivity index (χ3v) is 6.54. The first-order valence-electron chi connectivity index (χ1n) is 8.11. The maximum Gasteiger partial charge on any atom is 0.211 e. The average Bonchev–Trinajstić information content (AvgIpc) is 2.80. The standard InChI is InChI=1S/C17H26N2O2S/c1-17(15-6-4-3-5-7-15)9-8-16(10-17)18-11-14-12-19(13-14)22(2,20)21/h3-7,14,16,18H,8-13H2,1-2H3/t16-,17+/m0/s1. The van der Waals surface area contributed by atoms with Crippen molar-refractivity contribution < 1.29 is 8.42 Å². The molecule has 2 aliphatic rings. The van der Waals surface area contributed by atoms with Gasteiger partial charge in [0, 0.05) is 25.7 Å². The summed E-state index contributed by atoms with van der Waals surface area (Å²) in [7, 11) is -2.99. The lowest BCUT2D eigenvalue weighted by molar-refractivity contribution is 0.192. The monoisotopic (exact) mass is 322 g/mol. The lowest BCUT2D eigenvalue weighted by atomic mass is 9.81. The highest BCUT2D eigenvalue weighted by molar-refractivity contribution is 7.88. The summed E-state index contributed by atoms with van der Waals surface area (Å²) in [4.78, 5) is 0. The number of hydrogen-bond acceptors (Lipinski definition) is 3. The summed E-state index contributed by atoms with van der Waals surface area (Å²) in [6, 6.07) is 11.3. The Morgan fingerprint density at radius 1 is 1.27 bits per heavy atom. The smallest absolute Gasteiger partial charge is 0.211 e. The maximum absolute atomic E-state index is 11.4. The van der Waals surface area contributed by atoms with Crippen molar-refractivity contribution in [3.63, 3.8) is 0 Å². The zero-order valence-electron chi connectivity index (χ0n) is 13.5. The first-order valence-corrected chi connectivity index (χ1v) is 9.96. The minimum absolute atomic E-state index is 0.275. The fraction of sp³-hybridized carbons (Fsp3) is 0.647. The van der Waals surface area contributed by atoms with E-state index in [9.17, 15) is 8.42 Å². The molecule has 0 radical (unpaired) electrons. The van der Waals surface area contributed by atoms with Gasteiger partial charge in [-0.1, -0.05) is 37.3 Å². The van der Waals surface area contributed by atoms with E-state index in [1.165, 1.54) is 31.1 Å². The average molecular weight is 322 g/mol. The first-order chi connectivity index (χ1) is 10.4. The van der Waals surface area contributed by atoms with E-state index in [1.54, 1.807) is 4.31 Å². The van der Waals surface area contributed by atoms with Gasteiger partial charge in [-0.25, -0.2) is 12.7 Å². The van der Waals surface area contributed by atoms with Gasteiger partial charge in [0.2, 0.25) is 10.0 Å². The van der Waals surface area contributed by atoms with Gasteiger partial charge in [0.15, 0.2) is 0 Å².